The first-order valence-corrected chi connectivity index (χ1v) is 9.47. The quantitative estimate of drug-likeness (QED) is 0.793. The van der Waals surface area contributed by atoms with Crippen LogP contribution >= 0.6 is 11.6 Å². The van der Waals surface area contributed by atoms with Gasteiger partial charge in [-0.25, -0.2) is 0 Å². The fourth-order valence-corrected chi connectivity index (χ4v) is 3.37. The number of fused-ring (bicyclic) bond motifs is 1. The summed E-state index contributed by atoms with van der Waals surface area (Å²) in [5.74, 6) is 0.151. The molecule has 27 heavy (non-hydrogen) atoms. The zero-order valence-corrected chi connectivity index (χ0v) is 16.4. The van der Waals surface area contributed by atoms with Gasteiger partial charge in [0.1, 0.15) is 5.75 Å². The summed E-state index contributed by atoms with van der Waals surface area (Å²) in [5.41, 5.74) is 3.27. The first-order chi connectivity index (χ1) is 13.0. The Morgan fingerprint density at radius 2 is 2.07 bits per heavy atom. The van der Waals surface area contributed by atoms with Crippen molar-refractivity contribution in [1.29, 1.82) is 0 Å². The molecule has 7 heteroatoms. The van der Waals surface area contributed by atoms with Crippen LogP contribution in [0.2, 0.25) is 5.02 Å². The molecule has 0 unspecified atom stereocenters. The van der Waals surface area contributed by atoms with Crippen LogP contribution in [0, 0.1) is 6.92 Å². The van der Waals surface area contributed by atoms with E-state index in [4.69, 9.17) is 16.3 Å². The number of anilines is 1. The third-order valence-corrected chi connectivity index (χ3v) is 5.13. The molecule has 6 nitrogen and oxygen atoms in total. The number of nitrogens with zero attached hydrogens (tertiary/aromatic N) is 1. The van der Waals surface area contributed by atoms with E-state index >= 15 is 0 Å². The maximum absolute atomic E-state index is 12.3. The van der Waals surface area contributed by atoms with Gasteiger partial charge in [-0.3, -0.25) is 9.59 Å². The molecule has 1 aliphatic heterocycles. The second-order valence-electron chi connectivity index (χ2n) is 6.73. The Labute approximate surface area is 163 Å². The van der Waals surface area contributed by atoms with Crippen molar-refractivity contribution in [2.24, 2.45) is 0 Å². The van der Waals surface area contributed by atoms with E-state index in [1.54, 1.807) is 12.1 Å². The zero-order chi connectivity index (χ0) is 19.4. The summed E-state index contributed by atoms with van der Waals surface area (Å²) in [7, 11) is 1.52. The average molecular weight is 390 g/mol. The van der Waals surface area contributed by atoms with E-state index in [9.17, 15) is 9.59 Å². The third-order valence-electron chi connectivity index (χ3n) is 4.72. The smallest absolute Gasteiger partial charge is 0.252 e. The van der Waals surface area contributed by atoms with Crippen molar-refractivity contribution < 1.29 is 14.3 Å². The summed E-state index contributed by atoms with van der Waals surface area (Å²) in [6.07, 6.45) is 5.39. The molecule has 144 valence electrons. The largest absolute Gasteiger partial charge is 0.495 e. The van der Waals surface area contributed by atoms with E-state index in [1.807, 2.05) is 19.2 Å². The maximum Gasteiger partial charge on any atom is 0.252 e. The number of carbonyl (C=O) groups is 2. The highest BCUT2D eigenvalue weighted by molar-refractivity contribution is 6.31. The first-order valence-electron chi connectivity index (χ1n) is 9.09. The number of methoxy groups -OCH3 is 1. The van der Waals surface area contributed by atoms with Crippen LogP contribution < -0.4 is 15.4 Å². The molecule has 2 N–H and O–H groups in total. The van der Waals surface area contributed by atoms with E-state index in [1.165, 1.54) is 19.2 Å². The highest BCUT2D eigenvalue weighted by Crippen LogP contribution is 2.30. The van der Waals surface area contributed by atoms with E-state index < -0.39 is 0 Å². The lowest BCUT2D eigenvalue weighted by atomic mass is 10.1. The minimum Gasteiger partial charge on any atom is -0.495 e. The van der Waals surface area contributed by atoms with Crippen LogP contribution in [0.25, 0.3) is 0 Å². The number of ether oxygens (including phenoxy) is 1. The number of halogens is 1. The van der Waals surface area contributed by atoms with Crippen LogP contribution in [0.1, 0.15) is 40.9 Å². The van der Waals surface area contributed by atoms with Gasteiger partial charge in [-0.2, -0.15) is 0 Å². The number of amides is 2. The molecule has 2 aromatic rings. The van der Waals surface area contributed by atoms with Crippen molar-refractivity contribution in [3.8, 4) is 5.75 Å². The lowest BCUT2D eigenvalue weighted by molar-refractivity contribution is -0.116. The first kappa shape index (κ1) is 19.3. The van der Waals surface area contributed by atoms with Crippen LogP contribution in [-0.2, 0) is 17.8 Å². The molecule has 1 aliphatic rings. The second kappa shape index (κ2) is 8.48. The molecule has 0 atom stereocenters. The van der Waals surface area contributed by atoms with Crippen molar-refractivity contribution in [1.82, 2.24) is 9.88 Å². The number of carbonyl (C=O) groups excluding carboxylic acids is 2. The van der Waals surface area contributed by atoms with Crippen molar-refractivity contribution in [2.75, 3.05) is 19.0 Å². The molecule has 1 aromatic carbocycles. The number of hydrogen-bond donors (Lipinski definition) is 2. The highest BCUT2D eigenvalue weighted by Gasteiger charge is 2.15. The van der Waals surface area contributed by atoms with E-state index in [0.717, 1.165) is 24.9 Å². The van der Waals surface area contributed by atoms with Crippen LogP contribution in [0.4, 0.5) is 5.69 Å². The maximum atomic E-state index is 12.3. The van der Waals surface area contributed by atoms with Gasteiger partial charge in [-0.15, -0.1) is 0 Å². The molecule has 1 aromatic heterocycles. The molecule has 0 bridgehead atoms. The molecule has 2 amide bonds. The summed E-state index contributed by atoms with van der Waals surface area (Å²) in [6, 6.07) is 5.38. The standard InChI is InChI=1S/C20H24ClN3O3/c1-13-9-17(18(27-2)11-16(13)21)23-19(25)6-7-22-20(26)14-10-15-5-3-4-8-24(15)12-14/h9-12H,3-8H2,1-2H3,(H,22,26)(H,23,25). The zero-order valence-electron chi connectivity index (χ0n) is 15.6. The van der Waals surface area contributed by atoms with Crippen molar-refractivity contribution in [3.63, 3.8) is 0 Å². The molecule has 0 radical (unpaired) electrons. The molecular formula is C20H24ClN3O3. The van der Waals surface area contributed by atoms with Crippen LogP contribution in [0.3, 0.4) is 0 Å². The van der Waals surface area contributed by atoms with Crippen molar-refractivity contribution in [2.45, 2.75) is 39.2 Å². The molecule has 3 rings (SSSR count). The van der Waals surface area contributed by atoms with Gasteiger partial charge in [0.25, 0.3) is 5.91 Å². The highest BCUT2D eigenvalue weighted by atomic mass is 35.5. The molecule has 0 saturated carbocycles. The second-order valence-corrected chi connectivity index (χ2v) is 7.13. The predicted octanol–water partition coefficient (Wildman–Crippen LogP) is 3.55. The fourth-order valence-electron chi connectivity index (χ4n) is 3.22. The van der Waals surface area contributed by atoms with Crippen LogP contribution in [0.15, 0.2) is 24.4 Å². The van der Waals surface area contributed by atoms with Gasteiger partial charge in [0.2, 0.25) is 5.91 Å². The summed E-state index contributed by atoms with van der Waals surface area (Å²) in [6.45, 7) is 3.09. The third kappa shape index (κ3) is 4.63. The number of rotatable bonds is 6. The van der Waals surface area contributed by atoms with Crippen LogP contribution in [-0.4, -0.2) is 30.0 Å². The Hall–Kier alpha value is -2.47. The number of aryl methyl sites for hydroxylation is 3. The van der Waals surface area contributed by atoms with Crippen LogP contribution in [0.5, 0.6) is 5.75 Å². The summed E-state index contributed by atoms with van der Waals surface area (Å²) < 4.78 is 7.39. The molecule has 0 saturated heterocycles. The molecule has 0 spiro atoms. The van der Waals surface area contributed by atoms with Gasteiger partial charge >= 0.3 is 0 Å². The van der Waals surface area contributed by atoms with Gasteiger partial charge in [0.05, 0.1) is 18.4 Å². The van der Waals surface area contributed by atoms with Gasteiger partial charge in [-0.05, 0) is 43.9 Å². The van der Waals surface area contributed by atoms with Gasteiger partial charge in [0, 0.05) is 42.5 Å². The monoisotopic (exact) mass is 389 g/mol. The Morgan fingerprint density at radius 1 is 1.26 bits per heavy atom. The lowest BCUT2D eigenvalue weighted by Gasteiger charge is -2.13. The normalized spacial score (nSPS) is 13.0. The Balaban J connectivity index is 1.52. The van der Waals surface area contributed by atoms with Gasteiger partial charge < -0.3 is 19.9 Å². The van der Waals surface area contributed by atoms with Gasteiger partial charge in [0.15, 0.2) is 0 Å². The summed E-state index contributed by atoms with van der Waals surface area (Å²) in [5, 5.41) is 6.19. The minimum atomic E-state index is -0.202. The Morgan fingerprint density at radius 3 is 2.81 bits per heavy atom. The fraction of sp³-hybridized carbons (Fsp3) is 0.400. The van der Waals surface area contributed by atoms with E-state index in [-0.39, 0.29) is 24.8 Å². The number of aromatic nitrogens is 1. The lowest BCUT2D eigenvalue weighted by Crippen LogP contribution is -2.27. The molecule has 0 aliphatic carbocycles. The molecule has 2 heterocycles. The Kier molecular flexibility index (Phi) is 6.06. The minimum absolute atomic E-state index is 0.149. The van der Waals surface area contributed by atoms with E-state index in [0.29, 0.717) is 22.0 Å². The predicted molar refractivity (Wildman–Crippen MR) is 106 cm³/mol. The number of nitrogens with one attached hydrogen (secondary N) is 2. The molecular weight excluding hydrogens is 366 g/mol. The Bertz CT molecular complexity index is 837. The SMILES string of the molecule is COc1cc(Cl)c(C)cc1NC(=O)CCNC(=O)c1cc2n(c1)CCCC2. The summed E-state index contributed by atoms with van der Waals surface area (Å²) >= 11 is 6.07. The van der Waals surface area contributed by atoms with E-state index in [2.05, 4.69) is 15.2 Å². The van der Waals surface area contributed by atoms with Crippen molar-refractivity contribution >= 4 is 29.1 Å². The molecule has 0 fully saturated rings. The topological polar surface area (TPSA) is 72.4 Å². The number of benzene rings is 1. The van der Waals surface area contributed by atoms with Gasteiger partial charge in [-0.1, -0.05) is 11.6 Å². The summed E-state index contributed by atoms with van der Waals surface area (Å²) in [4.78, 5) is 24.5. The average Bonchev–Trinajstić information content (AvgIpc) is 3.08. The van der Waals surface area contributed by atoms with Crippen molar-refractivity contribution in [3.05, 3.63) is 46.2 Å². The number of hydrogen-bond acceptors (Lipinski definition) is 3.